The molecule has 2 unspecified atom stereocenters. The molecule has 2 aliphatic rings. The van der Waals surface area contributed by atoms with E-state index in [2.05, 4.69) is 29.3 Å². The minimum absolute atomic E-state index is 0. The number of carbonyl (C=O) groups excluding carboxylic acids is 1. The highest BCUT2D eigenvalue weighted by molar-refractivity contribution is 6.30. The van der Waals surface area contributed by atoms with Gasteiger partial charge in [-0.1, -0.05) is 30.7 Å². The van der Waals surface area contributed by atoms with Crippen LogP contribution in [0.15, 0.2) is 24.3 Å². The van der Waals surface area contributed by atoms with E-state index in [0.717, 1.165) is 63.7 Å². The Bertz CT molecular complexity index is 563. The summed E-state index contributed by atoms with van der Waals surface area (Å²) in [5.41, 5.74) is 1.28. The number of halogens is 2. The molecule has 140 valence electrons. The number of likely N-dealkylation sites (tertiary alicyclic amines) is 1. The number of piperazine rings is 1. The summed E-state index contributed by atoms with van der Waals surface area (Å²) in [5, 5.41) is 4.11. The van der Waals surface area contributed by atoms with Crippen molar-refractivity contribution in [3.63, 3.8) is 0 Å². The SMILES string of the molecule is CC(CN1CCCC(C(=O)N2CCNCC2)C1)c1cccc(Cl)c1.Cl. The predicted octanol–water partition coefficient (Wildman–Crippen LogP) is 3.01. The van der Waals surface area contributed by atoms with Crippen LogP contribution in [0.3, 0.4) is 0 Å². The molecule has 1 amide bonds. The summed E-state index contributed by atoms with van der Waals surface area (Å²) in [6, 6.07) is 8.13. The number of hydrogen-bond acceptors (Lipinski definition) is 3. The highest BCUT2D eigenvalue weighted by Gasteiger charge is 2.30. The van der Waals surface area contributed by atoms with Gasteiger partial charge in [-0.2, -0.15) is 0 Å². The van der Waals surface area contributed by atoms with Crippen molar-refractivity contribution in [2.45, 2.75) is 25.7 Å². The zero-order chi connectivity index (χ0) is 16.9. The third-order valence-electron chi connectivity index (χ3n) is 5.23. The molecule has 0 aromatic heterocycles. The van der Waals surface area contributed by atoms with Gasteiger partial charge < -0.3 is 15.1 Å². The molecule has 0 saturated carbocycles. The van der Waals surface area contributed by atoms with E-state index in [1.54, 1.807) is 0 Å². The van der Waals surface area contributed by atoms with Crippen molar-refractivity contribution in [3.8, 4) is 0 Å². The minimum atomic E-state index is 0. The summed E-state index contributed by atoms with van der Waals surface area (Å²) >= 11 is 6.11. The molecule has 2 atom stereocenters. The third kappa shape index (κ3) is 5.58. The number of rotatable bonds is 4. The van der Waals surface area contributed by atoms with Crippen molar-refractivity contribution in [2.75, 3.05) is 45.8 Å². The monoisotopic (exact) mass is 385 g/mol. The zero-order valence-electron chi connectivity index (χ0n) is 14.9. The Balaban J connectivity index is 0.00000225. The highest BCUT2D eigenvalue weighted by Crippen LogP contribution is 2.24. The van der Waals surface area contributed by atoms with Gasteiger partial charge in [-0.05, 0) is 43.0 Å². The molecule has 2 saturated heterocycles. The standard InChI is InChI=1S/C19H28ClN3O.ClH/c1-15(16-4-2-6-18(20)12-16)13-22-9-3-5-17(14-22)19(24)23-10-7-21-8-11-23;/h2,4,6,12,15,17,21H,3,5,7-11,13-14H2,1H3;1H. The molecule has 2 heterocycles. The fraction of sp³-hybridized carbons (Fsp3) is 0.632. The Morgan fingerprint density at radius 2 is 2.08 bits per heavy atom. The molecule has 0 aliphatic carbocycles. The largest absolute Gasteiger partial charge is 0.340 e. The molecule has 2 aliphatic heterocycles. The lowest BCUT2D eigenvalue weighted by Crippen LogP contribution is -2.51. The fourth-order valence-corrected chi connectivity index (χ4v) is 4.07. The first-order chi connectivity index (χ1) is 11.6. The molecular weight excluding hydrogens is 357 g/mol. The Hall–Kier alpha value is -0.810. The molecule has 4 nitrogen and oxygen atoms in total. The van der Waals surface area contributed by atoms with Crippen LogP contribution in [0, 0.1) is 5.92 Å². The average Bonchev–Trinajstić information content (AvgIpc) is 2.62. The van der Waals surface area contributed by atoms with Gasteiger partial charge >= 0.3 is 0 Å². The van der Waals surface area contributed by atoms with Gasteiger partial charge in [0.15, 0.2) is 0 Å². The summed E-state index contributed by atoms with van der Waals surface area (Å²) < 4.78 is 0. The summed E-state index contributed by atoms with van der Waals surface area (Å²) in [6.07, 6.45) is 2.15. The van der Waals surface area contributed by atoms with E-state index in [1.807, 2.05) is 17.0 Å². The molecule has 0 spiro atoms. The van der Waals surface area contributed by atoms with Gasteiger partial charge in [-0.3, -0.25) is 4.79 Å². The summed E-state index contributed by atoms with van der Waals surface area (Å²) in [4.78, 5) is 17.3. The van der Waals surface area contributed by atoms with Gasteiger partial charge in [0.1, 0.15) is 0 Å². The maximum atomic E-state index is 12.8. The Kier molecular flexibility index (Phi) is 8.01. The molecule has 6 heteroatoms. The van der Waals surface area contributed by atoms with Crippen LogP contribution in [0.5, 0.6) is 0 Å². The van der Waals surface area contributed by atoms with Crippen molar-refractivity contribution < 1.29 is 4.79 Å². The van der Waals surface area contributed by atoms with Crippen LogP contribution in [0.25, 0.3) is 0 Å². The van der Waals surface area contributed by atoms with Gasteiger partial charge in [0.25, 0.3) is 0 Å². The van der Waals surface area contributed by atoms with E-state index in [9.17, 15) is 4.79 Å². The number of carbonyl (C=O) groups is 1. The second-order valence-electron chi connectivity index (χ2n) is 7.13. The fourth-order valence-electron chi connectivity index (χ4n) is 3.87. The van der Waals surface area contributed by atoms with Crippen molar-refractivity contribution in [1.82, 2.24) is 15.1 Å². The molecule has 0 bridgehead atoms. The van der Waals surface area contributed by atoms with E-state index in [-0.39, 0.29) is 18.3 Å². The second kappa shape index (κ2) is 9.77. The Morgan fingerprint density at radius 3 is 2.80 bits per heavy atom. The van der Waals surface area contributed by atoms with Crippen molar-refractivity contribution in [1.29, 1.82) is 0 Å². The van der Waals surface area contributed by atoms with Gasteiger partial charge in [0.2, 0.25) is 5.91 Å². The van der Waals surface area contributed by atoms with Crippen LogP contribution in [0.2, 0.25) is 5.02 Å². The third-order valence-corrected chi connectivity index (χ3v) is 5.47. The highest BCUT2D eigenvalue weighted by atomic mass is 35.5. The predicted molar refractivity (Wildman–Crippen MR) is 106 cm³/mol. The number of benzene rings is 1. The molecule has 25 heavy (non-hydrogen) atoms. The van der Waals surface area contributed by atoms with Crippen molar-refractivity contribution >= 4 is 29.9 Å². The first-order valence-corrected chi connectivity index (χ1v) is 9.48. The summed E-state index contributed by atoms with van der Waals surface area (Å²) in [6.45, 7) is 8.79. The van der Waals surface area contributed by atoms with Gasteiger partial charge in [-0.15, -0.1) is 12.4 Å². The van der Waals surface area contributed by atoms with Crippen LogP contribution in [0.1, 0.15) is 31.2 Å². The van der Waals surface area contributed by atoms with E-state index in [4.69, 9.17) is 11.6 Å². The molecule has 0 radical (unpaired) electrons. The number of hydrogen-bond donors (Lipinski definition) is 1. The lowest BCUT2D eigenvalue weighted by Gasteiger charge is -2.37. The number of amides is 1. The first kappa shape index (κ1) is 20.5. The maximum Gasteiger partial charge on any atom is 0.227 e. The number of nitrogens with one attached hydrogen (secondary N) is 1. The normalized spacial score (nSPS) is 23.0. The minimum Gasteiger partial charge on any atom is -0.340 e. The number of nitrogens with zero attached hydrogens (tertiary/aromatic N) is 2. The van der Waals surface area contributed by atoms with Gasteiger partial charge in [0, 0.05) is 44.3 Å². The van der Waals surface area contributed by atoms with E-state index in [0.29, 0.717) is 11.8 Å². The molecular formula is C19H29Cl2N3O. The van der Waals surface area contributed by atoms with Gasteiger partial charge in [-0.25, -0.2) is 0 Å². The molecule has 1 aromatic rings. The summed E-state index contributed by atoms with van der Waals surface area (Å²) in [5.74, 6) is 0.955. The maximum absolute atomic E-state index is 12.8. The van der Waals surface area contributed by atoms with Crippen LogP contribution >= 0.6 is 24.0 Å². The van der Waals surface area contributed by atoms with Crippen molar-refractivity contribution in [3.05, 3.63) is 34.9 Å². The second-order valence-corrected chi connectivity index (χ2v) is 7.57. The van der Waals surface area contributed by atoms with Crippen molar-refractivity contribution in [2.24, 2.45) is 5.92 Å². The molecule has 2 fully saturated rings. The van der Waals surface area contributed by atoms with Crippen LogP contribution in [-0.2, 0) is 4.79 Å². The average molecular weight is 386 g/mol. The van der Waals surface area contributed by atoms with Gasteiger partial charge in [0.05, 0.1) is 5.92 Å². The van der Waals surface area contributed by atoms with E-state index < -0.39 is 0 Å². The van der Waals surface area contributed by atoms with Crippen LogP contribution < -0.4 is 5.32 Å². The number of piperidine rings is 1. The van der Waals surface area contributed by atoms with E-state index in [1.165, 1.54) is 5.56 Å². The Labute approximate surface area is 162 Å². The smallest absolute Gasteiger partial charge is 0.227 e. The lowest BCUT2D eigenvalue weighted by atomic mass is 9.94. The van der Waals surface area contributed by atoms with Crippen LogP contribution in [0.4, 0.5) is 0 Å². The zero-order valence-corrected chi connectivity index (χ0v) is 16.5. The van der Waals surface area contributed by atoms with Crippen LogP contribution in [-0.4, -0.2) is 61.5 Å². The molecule has 1 aromatic carbocycles. The lowest BCUT2D eigenvalue weighted by molar-refractivity contribution is -0.138. The Morgan fingerprint density at radius 1 is 1.32 bits per heavy atom. The van der Waals surface area contributed by atoms with E-state index >= 15 is 0 Å². The molecule has 3 rings (SSSR count). The topological polar surface area (TPSA) is 35.6 Å². The first-order valence-electron chi connectivity index (χ1n) is 9.11. The summed E-state index contributed by atoms with van der Waals surface area (Å²) in [7, 11) is 0. The quantitative estimate of drug-likeness (QED) is 0.864. The molecule has 1 N–H and O–H groups in total.